The van der Waals surface area contributed by atoms with Gasteiger partial charge in [0.2, 0.25) is 11.8 Å². The van der Waals surface area contributed by atoms with Gasteiger partial charge in [0.25, 0.3) is 0 Å². The third kappa shape index (κ3) is 43.5. The molecule has 53 heavy (non-hydrogen) atoms. The van der Waals surface area contributed by atoms with Gasteiger partial charge in [-0.2, -0.15) is 0 Å². The fourth-order valence-corrected chi connectivity index (χ4v) is 4.14. The maximum atomic E-state index is 12.0. The normalized spacial score (nSPS) is 11.2. The van der Waals surface area contributed by atoms with E-state index in [9.17, 15) is 14.4 Å². The van der Waals surface area contributed by atoms with Crippen molar-refractivity contribution in [2.45, 2.75) is 77.7 Å². The van der Waals surface area contributed by atoms with E-state index in [-0.39, 0.29) is 11.8 Å². The second-order valence-electron chi connectivity index (χ2n) is 12.6. The number of nitrogens with one attached hydrogen (secondary N) is 3. The molecule has 3 N–H and O–H groups in total. The number of ether oxygens (including phenoxy) is 9. The van der Waals surface area contributed by atoms with Crippen LogP contribution in [0.15, 0.2) is 5.11 Å². The Morgan fingerprint density at radius 2 is 0.849 bits per heavy atom. The Bertz CT molecular complexity index is 922. The molecule has 18 heteroatoms. The van der Waals surface area contributed by atoms with Crippen LogP contribution in [-0.4, -0.2) is 155 Å². The van der Waals surface area contributed by atoms with Gasteiger partial charge in [0.05, 0.1) is 106 Å². The average molecular weight is 765 g/mol. The summed E-state index contributed by atoms with van der Waals surface area (Å²) in [6.07, 6.45) is 5.36. The van der Waals surface area contributed by atoms with Crippen LogP contribution in [-0.2, 0) is 52.2 Å². The van der Waals surface area contributed by atoms with E-state index in [1.807, 2.05) is 20.8 Å². The topological polar surface area (TPSA) is 219 Å². The minimum atomic E-state index is -0.510. The zero-order chi connectivity index (χ0) is 38.9. The summed E-state index contributed by atoms with van der Waals surface area (Å²) in [5.41, 5.74) is 7.64. The SMILES string of the molecule is CC(C)(C)OC(=O)NCCCCCC(=O)NCCCCCC(=O)NCCOCCOCCOCCOCCOCCOCCOCCOCCN=[N+]=[N-]. The molecule has 0 aliphatic carbocycles. The maximum absolute atomic E-state index is 12.0. The first-order valence-corrected chi connectivity index (χ1v) is 18.9. The Labute approximate surface area is 315 Å². The summed E-state index contributed by atoms with van der Waals surface area (Å²) in [6, 6.07) is 0. The van der Waals surface area contributed by atoms with E-state index >= 15 is 0 Å². The Balaban J connectivity index is 3.26. The maximum Gasteiger partial charge on any atom is 0.407 e. The predicted molar refractivity (Wildman–Crippen MR) is 198 cm³/mol. The quantitative estimate of drug-likeness (QED) is 0.0356. The number of nitrogens with zero attached hydrogens (tertiary/aromatic N) is 3. The fraction of sp³-hybridized carbons (Fsp3) is 0.914. The molecule has 18 nitrogen and oxygen atoms in total. The molecule has 0 rings (SSSR count). The van der Waals surface area contributed by atoms with Crippen molar-refractivity contribution in [2.24, 2.45) is 5.11 Å². The number of hydrogen-bond donors (Lipinski definition) is 3. The number of azide groups is 1. The number of carbonyl (C=O) groups is 3. The Morgan fingerprint density at radius 1 is 0.491 bits per heavy atom. The van der Waals surface area contributed by atoms with Gasteiger partial charge in [0.15, 0.2) is 0 Å². The molecule has 0 radical (unpaired) electrons. The van der Waals surface area contributed by atoms with Gasteiger partial charge in [0.1, 0.15) is 5.60 Å². The van der Waals surface area contributed by atoms with Crippen molar-refractivity contribution in [3.8, 4) is 0 Å². The molecule has 0 spiro atoms. The molecule has 0 aromatic rings. The first-order chi connectivity index (χ1) is 25.7. The van der Waals surface area contributed by atoms with E-state index in [0.717, 1.165) is 38.5 Å². The molecule has 0 heterocycles. The smallest absolute Gasteiger partial charge is 0.407 e. The summed E-state index contributed by atoms with van der Waals surface area (Å²) in [4.78, 5) is 38.2. The van der Waals surface area contributed by atoms with E-state index in [1.165, 1.54) is 0 Å². The molecule has 0 saturated carbocycles. The highest BCUT2D eigenvalue weighted by Crippen LogP contribution is 2.07. The molecule has 0 unspecified atom stereocenters. The van der Waals surface area contributed by atoms with Crippen LogP contribution in [0.2, 0.25) is 0 Å². The van der Waals surface area contributed by atoms with Gasteiger partial charge in [-0.1, -0.05) is 18.0 Å². The van der Waals surface area contributed by atoms with Crippen LogP contribution < -0.4 is 16.0 Å². The Morgan fingerprint density at radius 3 is 1.25 bits per heavy atom. The zero-order valence-electron chi connectivity index (χ0n) is 32.5. The molecule has 0 atom stereocenters. The Kier molecular flexibility index (Phi) is 36.9. The second-order valence-corrected chi connectivity index (χ2v) is 12.6. The molecule has 0 bridgehead atoms. The molecule has 310 valence electrons. The lowest BCUT2D eigenvalue weighted by atomic mass is 10.1. The standard InChI is InChI=1S/C35H68N6O12/c1-35(2,3)53-34(44)39-13-9-5-7-10-32(42)37-12-8-4-6-11-33(43)38-14-16-45-18-20-47-22-24-49-26-28-51-30-31-52-29-27-50-25-23-48-21-19-46-17-15-40-41-36/h4-31H2,1-3H3,(H,37,42)(H,38,43)(H,39,44). The van der Waals surface area contributed by atoms with Crippen LogP contribution in [0.5, 0.6) is 0 Å². The van der Waals surface area contributed by atoms with Crippen molar-refractivity contribution in [1.29, 1.82) is 0 Å². The lowest BCUT2D eigenvalue weighted by Crippen LogP contribution is -2.33. The molecular formula is C35H68N6O12. The summed E-state index contributed by atoms with van der Waals surface area (Å²) < 4.78 is 48.5. The van der Waals surface area contributed by atoms with Crippen molar-refractivity contribution in [3.05, 3.63) is 10.4 Å². The first-order valence-electron chi connectivity index (χ1n) is 18.9. The second kappa shape index (κ2) is 38.9. The molecule has 3 amide bonds. The largest absolute Gasteiger partial charge is 0.444 e. The predicted octanol–water partition coefficient (Wildman–Crippen LogP) is 3.31. The third-order valence-corrected chi connectivity index (χ3v) is 6.72. The van der Waals surface area contributed by atoms with Gasteiger partial charge in [-0.25, -0.2) is 4.79 Å². The fourth-order valence-electron chi connectivity index (χ4n) is 4.14. The van der Waals surface area contributed by atoms with Crippen molar-refractivity contribution in [3.63, 3.8) is 0 Å². The van der Waals surface area contributed by atoms with Crippen LogP contribution in [0.25, 0.3) is 10.4 Å². The monoisotopic (exact) mass is 764 g/mol. The summed E-state index contributed by atoms with van der Waals surface area (Å²) in [6.45, 7) is 14.7. The highest BCUT2D eigenvalue weighted by Gasteiger charge is 2.15. The van der Waals surface area contributed by atoms with Gasteiger partial charge in [0, 0.05) is 43.9 Å². The summed E-state index contributed by atoms with van der Waals surface area (Å²) in [5, 5.41) is 11.9. The molecule has 0 aliphatic rings. The van der Waals surface area contributed by atoms with E-state index in [2.05, 4.69) is 26.0 Å². The average Bonchev–Trinajstić information content (AvgIpc) is 3.11. The Hall–Kier alpha value is -2.80. The van der Waals surface area contributed by atoms with Crippen LogP contribution in [0.4, 0.5) is 4.79 Å². The van der Waals surface area contributed by atoms with E-state index in [1.54, 1.807) is 0 Å². The summed E-state index contributed by atoms with van der Waals surface area (Å²) in [7, 11) is 0. The number of amides is 3. The number of hydrogen-bond acceptors (Lipinski definition) is 13. The number of alkyl carbamates (subject to hydrolysis) is 1. The molecular weight excluding hydrogens is 696 g/mol. The van der Waals surface area contributed by atoms with Gasteiger partial charge in [-0.15, -0.1) is 0 Å². The van der Waals surface area contributed by atoms with E-state index in [4.69, 9.17) is 48.2 Å². The van der Waals surface area contributed by atoms with Gasteiger partial charge >= 0.3 is 6.09 Å². The van der Waals surface area contributed by atoms with Crippen molar-refractivity contribution in [2.75, 3.05) is 132 Å². The lowest BCUT2D eigenvalue weighted by molar-refractivity contribution is -0.122. The van der Waals surface area contributed by atoms with Crippen LogP contribution in [0.3, 0.4) is 0 Å². The molecule has 0 aromatic heterocycles. The molecule has 0 saturated heterocycles. The minimum Gasteiger partial charge on any atom is -0.444 e. The number of unbranched alkanes of at least 4 members (excludes halogenated alkanes) is 4. The number of rotatable bonds is 39. The highest BCUT2D eigenvalue weighted by atomic mass is 16.6. The minimum absolute atomic E-state index is 0.00684. The van der Waals surface area contributed by atoms with E-state index < -0.39 is 11.7 Å². The molecule has 0 fully saturated rings. The lowest BCUT2D eigenvalue weighted by Gasteiger charge is -2.19. The van der Waals surface area contributed by atoms with Crippen LogP contribution >= 0.6 is 0 Å². The molecule has 0 aliphatic heterocycles. The highest BCUT2D eigenvalue weighted by molar-refractivity contribution is 5.76. The first kappa shape index (κ1) is 50.2. The van der Waals surface area contributed by atoms with Crippen LogP contribution in [0.1, 0.15) is 72.1 Å². The third-order valence-electron chi connectivity index (χ3n) is 6.72. The van der Waals surface area contributed by atoms with Crippen molar-refractivity contribution in [1.82, 2.24) is 16.0 Å². The van der Waals surface area contributed by atoms with Crippen molar-refractivity contribution < 1.29 is 57.0 Å². The van der Waals surface area contributed by atoms with Crippen LogP contribution in [0, 0.1) is 0 Å². The zero-order valence-corrected chi connectivity index (χ0v) is 32.5. The molecule has 0 aromatic carbocycles. The number of carbonyl (C=O) groups excluding carboxylic acids is 3. The van der Waals surface area contributed by atoms with Gasteiger partial charge in [-0.05, 0) is 52.0 Å². The van der Waals surface area contributed by atoms with Gasteiger partial charge in [-0.3, -0.25) is 9.59 Å². The van der Waals surface area contributed by atoms with Crippen molar-refractivity contribution >= 4 is 17.9 Å². The summed E-state index contributed by atoms with van der Waals surface area (Å²) in [5.74, 6) is 0.0220. The van der Waals surface area contributed by atoms with E-state index in [0.29, 0.717) is 145 Å². The summed E-state index contributed by atoms with van der Waals surface area (Å²) >= 11 is 0. The van der Waals surface area contributed by atoms with Gasteiger partial charge < -0.3 is 58.6 Å².